The Morgan fingerprint density at radius 3 is 2.24 bits per heavy atom. The van der Waals surface area contributed by atoms with Crippen molar-refractivity contribution in [1.29, 1.82) is 0 Å². The minimum absolute atomic E-state index is 0.0710. The molecule has 3 heteroatoms. The number of methoxy groups -OCH3 is 1. The Labute approximate surface area is 126 Å². The molecular formula is C18H22O3. The van der Waals surface area contributed by atoms with E-state index < -0.39 is 0 Å². The van der Waals surface area contributed by atoms with E-state index in [-0.39, 0.29) is 6.61 Å². The zero-order valence-corrected chi connectivity index (χ0v) is 13.1. The Morgan fingerprint density at radius 1 is 1.00 bits per heavy atom. The summed E-state index contributed by atoms with van der Waals surface area (Å²) in [5.41, 5.74) is 5.64. The normalized spacial score (nSPS) is 10.5. The van der Waals surface area contributed by atoms with Crippen molar-refractivity contribution in [1.82, 2.24) is 0 Å². The van der Waals surface area contributed by atoms with Gasteiger partial charge in [0.25, 0.3) is 0 Å². The lowest BCUT2D eigenvalue weighted by molar-refractivity contribution is 0.257. The summed E-state index contributed by atoms with van der Waals surface area (Å²) < 4.78 is 11.1. The maximum Gasteiger partial charge on any atom is 0.125 e. The van der Waals surface area contributed by atoms with E-state index in [1.165, 1.54) is 22.3 Å². The van der Waals surface area contributed by atoms with Crippen LogP contribution in [0.4, 0.5) is 0 Å². The van der Waals surface area contributed by atoms with Crippen molar-refractivity contribution in [3.05, 3.63) is 58.1 Å². The van der Waals surface area contributed by atoms with E-state index in [2.05, 4.69) is 32.9 Å². The molecule has 0 saturated heterocycles. The molecule has 0 radical (unpaired) electrons. The van der Waals surface area contributed by atoms with Crippen LogP contribution < -0.4 is 9.47 Å². The van der Waals surface area contributed by atoms with Gasteiger partial charge in [0.05, 0.1) is 13.7 Å². The molecule has 0 aliphatic carbocycles. The average molecular weight is 286 g/mol. The Morgan fingerprint density at radius 2 is 1.67 bits per heavy atom. The topological polar surface area (TPSA) is 38.7 Å². The highest BCUT2D eigenvalue weighted by atomic mass is 16.5. The second-order valence-corrected chi connectivity index (χ2v) is 5.30. The fourth-order valence-electron chi connectivity index (χ4n) is 2.53. The van der Waals surface area contributed by atoms with Gasteiger partial charge in [-0.25, -0.2) is 0 Å². The fraction of sp³-hybridized carbons (Fsp3) is 0.333. The summed E-state index contributed by atoms with van der Waals surface area (Å²) in [6.07, 6.45) is 0. The Kier molecular flexibility index (Phi) is 4.86. The number of ether oxygens (including phenoxy) is 2. The van der Waals surface area contributed by atoms with Crippen LogP contribution in [-0.2, 0) is 13.2 Å². The fourth-order valence-corrected chi connectivity index (χ4v) is 2.53. The molecule has 0 aliphatic rings. The number of benzene rings is 2. The highest BCUT2D eigenvalue weighted by molar-refractivity contribution is 5.41. The second-order valence-electron chi connectivity index (χ2n) is 5.30. The number of aliphatic hydroxyl groups is 1. The first-order chi connectivity index (χ1) is 10.0. The minimum atomic E-state index is -0.0710. The number of hydrogen-bond donors (Lipinski definition) is 1. The van der Waals surface area contributed by atoms with Crippen LogP contribution >= 0.6 is 0 Å². The smallest absolute Gasteiger partial charge is 0.125 e. The molecule has 0 bridgehead atoms. The van der Waals surface area contributed by atoms with Crippen molar-refractivity contribution in [3.8, 4) is 11.5 Å². The first-order valence-corrected chi connectivity index (χ1v) is 7.02. The van der Waals surface area contributed by atoms with Gasteiger partial charge in [0, 0.05) is 5.56 Å². The van der Waals surface area contributed by atoms with Gasteiger partial charge in [0.1, 0.15) is 18.1 Å². The van der Waals surface area contributed by atoms with Crippen LogP contribution in [0.3, 0.4) is 0 Å². The van der Waals surface area contributed by atoms with Crippen molar-refractivity contribution in [2.75, 3.05) is 7.11 Å². The van der Waals surface area contributed by atoms with Gasteiger partial charge in [-0.2, -0.15) is 0 Å². The highest BCUT2D eigenvalue weighted by Crippen LogP contribution is 2.26. The van der Waals surface area contributed by atoms with Crippen molar-refractivity contribution >= 4 is 0 Å². The Bertz CT molecular complexity index is 609. The number of aliphatic hydroxyl groups excluding tert-OH is 1. The van der Waals surface area contributed by atoms with Crippen LogP contribution in [-0.4, -0.2) is 12.2 Å². The SMILES string of the molecule is COc1ccc(OCc2c(C)cc(C)cc2C)c(CO)c1. The molecule has 0 saturated carbocycles. The Balaban J connectivity index is 2.20. The van der Waals surface area contributed by atoms with Gasteiger partial charge in [-0.3, -0.25) is 0 Å². The molecule has 0 fully saturated rings. The molecule has 0 atom stereocenters. The van der Waals surface area contributed by atoms with E-state index in [0.29, 0.717) is 18.1 Å². The third kappa shape index (κ3) is 3.56. The number of rotatable bonds is 5. The monoisotopic (exact) mass is 286 g/mol. The molecule has 0 heterocycles. The van der Waals surface area contributed by atoms with Gasteiger partial charge in [-0.05, 0) is 55.7 Å². The second kappa shape index (κ2) is 6.64. The van der Waals surface area contributed by atoms with E-state index in [0.717, 1.165) is 5.56 Å². The first-order valence-electron chi connectivity index (χ1n) is 7.02. The molecule has 0 spiro atoms. The van der Waals surface area contributed by atoms with Crippen LogP contribution in [0, 0.1) is 20.8 Å². The van der Waals surface area contributed by atoms with Crippen LogP contribution in [0.1, 0.15) is 27.8 Å². The van der Waals surface area contributed by atoms with Crippen LogP contribution in [0.5, 0.6) is 11.5 Å². The number of hydrogen-bond acceptors (Lipinski definition) is 3. The molecule has 2 aromatic carbocycles. The van der Waals surface area contributed by atoms with Gasteiger partial charge >= 0.3 is 0 Å². The maximum atomic E-state index is 9.45. The van der Waals surface area contributed by atoms with Gasteiger partial charge in [-0.1, -0.05) is 17.7 Å². The summed E-state index contributed by atoms with van der Waals surface area (Å²) in [5.74, 6) is 1.41. The summed E-state index contributed by atoms with van der Waals surface area (Å²) in [6, 6.07) is 9.79. The lowest BCUT2D eigenvalue weighted by atomic mass is 10.0. The van der Waals surface area contributed by atoms with Crippen LogP contribution in [0.25, 0.3) is 0 Å². The zero-order valence-electron chi connectivity index (χ0n) is 13.1. The predicted octanol–water partition coefficient (Wildman–Crippen LogP) is 3.69. The van der Waals surface area contributed by atoms with Crippen molar-refractivity contribution in [2.45, 2.75) is 34.0 Å². The lowest BCUT2D eigenvalue weighted by Gasteiger charge is -2.15. The molecule has 2 rings (SSSR count). The first kappa shape index (κ1) is 15.4. The molecule has 0 amide bonds. The van der Waals surface area contributed by atoms with Gasteiger partial charge in [0.2, 0.25) is 0 Å². The molecule has 21 heavy (non-hydrogen) atoms. The number of aryl methyl sites for hydroxylation is 3. The molecule has 0 aromatic heterocycles. The van der Waals surface area contributed by atoms with Crippen LogP contribution in [0.15, 0.2) is 30.3 Å². The van der Waals surface area contributed by atoms with Gasteiger partial charge in [-0.15, -0.1) is 0 Å². The van der Waals surface area contributed by atoms with Crippen molar-refractivity contribution in [2.24, 2.45) is 0 Å². The lowest BCUT2D eigenvalue weighted by Crippen LogP contribution is -2.03. The largest absolute Gasteiger partial charge is 0.497 e. The zero-order chi connectivity index (χ0) is 15.4. The molecule has 1 N–H and O–H groups in total. The van der Waals surface area contributed by atoms with E-state index >= 15 is 0 Å². The van der Waals surface area contributed by atoms with Gasteiger partial charge < -0.3 is 14.6 Å². The third-order valence-corrected chi connectivity index (χ3v) is 3.65. The minimum Gasteiger partial charge on any atom is -0.497 e. The molecule has 0 aliphatic heterocycles. The summed E-state index contributed by atoms with van der Waals surface area (Å²) in [5, 5.41) is 9.45. The van der Waals surface area contributed by atoms with E-state index in [9.17, 15) is 5.11 Å². The average Bonchev–Trinajstić information content (AvgIpc) is 2.46. The molecule has 3 nitrogen and oxygen atoms in total. The van der Waals surface area contributed by atoms with Gasteiger partial charge in [0.15, 0.2) is 0 Å². The standard InChI is InChI=1S/C18H22O3/c1-12-7-13(2)17(14(3)8-12)11-21-18-6-5-16(20-4)9-15(18)10-19/h5-9,19H,10-11H2,1-4H3. The molecule has 112 valence electrons. The van der Waals surface area contributed by atoms with E-state index in [1.54, 1.807) is 13.2 Å². The third-order valence-electron chi connectivity index (χ3n) is 3.65. The van der Waals surface area contributed by atoms with Crippen LogP contribution in [0.2, 0.25) is 0 Å². The summed E-state index contributed by atoms with van der Waals surface area (Å²) in [6.45, 7) is 6.72. The summed E-state index contributed by atoms with van der Waals surface area (Å²) in [4.78, 5) is 0. The van der Waals surface area contributed by atoms with E-state index in [4.69, 9.17) is 9.47 Å². The van der Waals surface area contributed by atoms with Crippen molar-refractivity contribution in [3.63, 3.8) is 0 Å². The van der Waals surface area contributed by atoms with E-state index in [1.807, 2.05) is 12.1 Å². The summed E-state index contributed by atoms with van der Waals surface area (Å²) >= 11 is 0. The highest BCUT2D eigenvalue weighted by Gasteiger charge is 2.08. The maximum absolute atomic E-state index is 9.45. The summed E-state index contributed by atoms with van der Waals surface area (Å²) in [7, 11) is 1.61. The molecule has 2 aromatic rings. The van der Waals surface area contributed by atoms with Crippen molar-refractivity contribution < 1.29 is 14.6 Å². The molecular weight excluding hydrogens is 264 g/mol. The quantitative estimate of drug-likeness (QED) is 0.911. The Hall–Kier alpha value is -2.00. The molecule has 0 unspecified atom stereocenters. The predicted molar refractivity (Wildman–Crippen MR) is 83.9 cm³/mol.